The van der Waals surface area contributed by atoms with Gasteiger partial charge in [-0.2, -0.15) is 0 Å². The topological polar surface area (TPSA) is 12.0 Å². The summed E-state index contributed by atoms with van der Waals surface area (Å²) in [6.07, 6.45) is 3.82. The van der Waals surface area contributed by atoms with Gasteiger partial charge in [0.15, 0.2) is 0 Å². The van der Waals surface area contributed by atoms with E-state index in [4.69, 9.17) is 0 Å². The molecule has 0 fully saturated rings. The second kappa shape index (κ2) is 5.68. The van der Waals surface area contributed by atoms with E-state index in [1.165, 1.54) is 43.9 Å². The first-order valence-corrected chi connectivity index (χ1v) is 9.13. The summed E-state index contributed by atoms with van der Waals surface area (Å²) >= 11 is 7.44. The van der Waals surface area contributed by atoms with E-state index in [1.807, 2.05) is 22.7 Å². The molecule has 0 aromatic carbocycles. The molecule has 1 nitrogen and oxygen atoms in total. The summed E-state index contributed by atoms with van der Waals surface area (Å²) in [5.74, 6) is 0. The Kier molecular flexibility index (Phi) is 4.13. The molecule has 1 atom stereocenters. The molecule has 1 N–H and O–H groups in total. The zero-order valence-corrected chi connectivity index (χ0v) is 14.5. The van der Waals surface area contributed by atoms with E-state index in [0.29, 0.717) is 6.04 Å². The third kappa shape index (κ3) is 2.97. The van der Waals surface area contributed by atoms with E-state index in [0.717, 1.165) is 6.54 Å². The Morgan fingerprint density at radius 1 is 1.32 bits per heavy atom. The van der Waals surface area contributed by atoms with E-state index in [2.05, 4.69) is 47.2 Å². The molecule has 2 heterocycles. The zero-order chi connectivity index (χ0) is 13.4. The van der Waals surface area contributed by atoms with Gasteiger partial charge in [-0.05, 0) is 72.3 Å². The quantitative estimate of drug-likeness (QED) is 0.781. The lowest BCUT2D eigenvalue weighted by Gasteiger charge is -2.23. The monoisotopic (exact) mass is 355 g/mol. The summed E-state index contributed by atoms with van der Waals surface area (Å²) in [6.45, 7) is 5.40. The SMILES string of the molecule is Cc1cc(CNC2CCCc3sc(Br)cc32)sc1C. The molecule has 1 aliphatic rings. The lowest BCUT2D eigenvalue weighted by molar-refractivity contribution is 0.465. The molecule has 0 radical (unpaired) electrons. The number of hydrogen-bond donors (Lipinski definition) is 1. The second-order valence-corrected chi connectivity index (χ2v) is 9.06. The van der Waals surface area contributed by atoms with Crippen molar-refractivity contribution in [3.63, 3.8) is 0 Å². The van der Waals surface area contributed by atoms with Crippen LogP contribution in [0.4, 0.5) is 0 Å². The highest BCUT2D eigenvalue weighted by Gasteiger charge is 2.22. The van der Waals surface area contributed by atoms with Crippen molar-refractivity contribution >= 4 is 38.6 Å². The summed E-state index contributed by atoms with van der Waals surface area (Å²) in [6, 6.07) is 5.16. The van der Waals surface area contributed by atoms with Crippen LogP contribution in [0.3, 0.4) is 0 Å². The third-order valence-corrected chi connectivity index (χ3v) is 6.69. The van der Waals surface area contributed by atoms with Crippen LogP contribution in [0.2, 0.25) is 0 Å². The van der Waals surface area contributed by atoms with E-state index in [1.54, 1.807) is 4.88 Å². The Morgan fingerprint density at radius 3 is 2.89 bits per heavy atom. The molecule has 19 heavy (non-hydrogen) atoms. The Balaban J connectivity index is 1.71. The molecule has 2 aromatic rings. The Hall–Kier alpha value is -0.160. The van der Waals surface area contributed by atoms with Gasteiger partial charge in [-0.1, -0.05) is 0 Å². The van der Waals surface area contributed by atoms with E-state index < -0.39 is 0 Å². The minimum Gasteiger partial charge on any atom is -0.305 e. The molecule has 0 aliphatic heterocycles. The van der Waals surface area contributed by atoms with Crippen LogP contribution in [0.15, 0.2) is 15.9 Å². The van der Waals surface area contributed by atoms with Crippen molar-refractivity contribution in [3.8, 4) is 0 Å². The molecule has 4 heteroatoms. The Labute approximate surface area is 131 Å². The van der Waals surface area contributed by atoms with Gasteiger partial charge in [-0.25, -0.2) is 0 Å². The lowest BCUT2D eigenvalue weighted by Crippen LogP contribution is -2.23. The van der Waals surface area contributed by atoms with Gasteiger partial charge in [0, 0.05) is 27.2 Å². The molecular formula is C15H18BrNS2. The van der Waals surface area contributed by atoms with E-state index in [9.17, 15) is 0 Å². The molecule has 0 saturated carbocycles. The summed E-state index contributed by atoms with van der Waals surface area (Å²) < 4.78 is 1.27. The summed E-state index contributed by atoms with van der Waals surface area (Å²) in [5, 5.41) is 3.74. The van der Waals surface area contributed by atoms with E-state index >= 15 is 0 Å². The van der Waals surface area contributed by atoms with Crippen molar-refractivity contribution in [2.24, 2.45) is 0 Å². The highest BCUT2D eigenvalue weighted by molar-refractivity contribution is 9.11. The average molecular weight is 356 g/mol. The van der Waals surface area contributed by atoms with Gasteiger partial charge in [0.05, 0.1) is 3.79 Å². The maximum Gasteiger partial charge on any atom is 0.0704 e. The minimum absolute atomic E-state index is 0.536. The van der Waals surface area contributed by atoms with Crippen molar-refractivity contribution in [2.45, 2.75) is 45.7 Å². The van der Waals surface area contributed by atoms with Gasteiger partial charge in [0.25, 0.3) is 0 Å². The van der Waals surface area contributed by atoms with Gasteiger partial charge in [0.1, 0.15) is 0 Å². The predicted molar refractivity (Wildman–Crippen MR) is 88.3 cm³/mol. The largest absolute Gasteiger partial charge is 0.305 e. The lowest BCUT2D eigenvalue weighted by atomic mass is 9.94. The van der Waals surface area contributed by atoms with Crippen molar-refractivity contribution in [1.29, 1.82) is 0 Å². The van der Waals surface area contributed by atoms with Crippen LogP contribution >= 0.6 is 38.6 Å². The van der Waals surface area contributed by atoms with Gasteiger partial charge in [-0.15, -0.1) is 22.7 Å². The fourth-order valence-electron chi connectivity index (χ4n) is 2.69. The third-order valence-electron chi connectivity index (χ3n) is 3.82. The summed E-state index contributed by atoms with van der Waals surface area (Å²) in [7, 11) is 0. The highest BCUT2D eigenvalue weighted by Crippen LogP contribution is 2.38. The Morgan fingerprint density at radius 2 is 2.16 bits per heavy atom. The molecule has 0 spiro atoms. The van der Waals surface area contributed by atoms with Gasteiger partial charge < -0.3 is 5.32 Å². The highest BCUT2D eigenvalue weighted by atomic mass is 79.9. The normalized spacial score (nSPS) is 18.6. The maximum atomic E-state index is 3.74. The number of hydrogen-bond acceptors (Lipinski definition) is 3. The molecular weight excluding hydrogens is 338 g/mol. The van der Waals surface area contributed by atoms with Crippen molar-refractivity contribution in [3.05, 3.63) is 41.7 Å². The van der Waals surface area contributed by atoms with Crippen LogP contribution in [0.1, 0.15) is 44.6 Å². The van der Waals surface area contributed by atoms with Gasteiger partial charge in [0.2, 0.25) is 0 Å². The minimum atomic E-state index is 0.536. The molecule has 0 bridgehead atoms. The standard InChI is InChI=1S/C15H18BrNS2/c1-9-6-11(18-10(9)2)8-17-13-4-3-5-14-12(13)7-15(16)19-14/h6-7,13,17H,3-5,8H2,1-2H3. The summed E-state index contributed by atoms with van der Waals surface area (Å²) in [5.41, 5.74) is 2.94. The van der Waals surface area contributed by atoms with Crippen LogP contribution in [-0.4, -0.2) is 0 Å². The number of aryl methyl sites for hydroxylation is 3. The number of nitrogens with one attached hydrogen (secondary N) is 1. The fraction of sp³-hybridized carbons (Fsp3) is 0.467. The maximum absolute atomic E-state index is 3.74. The second-order valence-electron chi connectivity index (χ2n) is 5.21. The van der Waals surface area contributed by atoms with Crippen molar-refractivity contribution in [2.75, 3.05) is 0 Å². The number of fused-ring (bicyclic) bond motifs is 1. The Bertz CT molecular complexity index is 565. The first-order chi connectivity index (χ1) is 9.13. The molecule has 1 aliphatic carbocycles. The smallest absolute Gasteiger partial charge is 0.0704 e. The first kappa shape index (κ1) is 13.8. The average Bonchev–Trinajstić information content (AvgIpc) is 2.89. The first-order valence-electron chi connectivity index (χ1n) is 6.71. The fourth-order valence-corrected chi connectivity index (χ4v) is 5.52. The van der Waals surface area contributed by atoms with Crippen molar-refractivity contribution in [1.82, 2.24) is 5.32 Å². The molecule has 1 unspecified atom stereocenters. The van der Waals surface area contributed by atoms with Crippen LogP contribution in [0, 0.1) is 13.8 Å². The number of rotatable bonds is 3. The molecule has 102 valence electrons. The van der Waals surface area contributed by atoms with Gasteiger partial charge >= 0.3 is 0 Å². The molecule has 0 saturated heterocycles. The zero-order valence-electron chi connectivity index (χ0n) is 11.3. The molecule has 2 aromatic heterocycles. The van der Waals surface area contributed by atoms with Crippen LogP contribution in [0.5, 0.6) is 0 Å². The van der Waals surface area contributed by atoms with Crippen LogP contribution in [-0.2, 0) is 13.0 Å². The predicted octanol–water partition coefficient (Wildman–Crippen LogP) is 5.36. The van der Waals surface area contributed by atoms with Gasteiger partial charge in [-0.3, -0.25) is 0 Å². The van der Waals surface area contributed by atoms with Crippen molar-refractivity contribution < 1.29 is 0 Å². The number of halogens is 1. The summed E-state index contributed by atoms with van der Waals surface area (Å²) in [4.78, 5) is 4.46. The molecule has 0 amide bonds. The number of thiophene rings is 2. The van der Waals surface area contributed by atoms with Crippen LogP contribution in [0.25, 0.3) is 0 Å². The van der Waals surface area contributed by atoms with Crippen LogP contribution < -0.4 is 5.32 Å². The molecule has 3 rings (SSSR count). The van der Waals surface area contributed by atoms with E-state index in [-0.39, 0.29) is 0 Å².